The van der Waals surface area contributed by atoms with E-state index in [-0.39, 0.29) is 12.2 Å². The lowest BCUT2D eigenvalue weighted by Gasteiger charge is -2.14. The summed E-state index contributed by atoms with van der Waals surface area (Å²) in [5.74, 6) is 2.09. The Morgan fingerprint density at radius 3 is 2.60 bits per heavy atom. The van der Waals surface area contributed by atoms with Gasteiger partial charge in [-0.3, -0.25) is 13.8 Å². The maximum Gasteiger partial charge on any atom is 0.262 e. The molecule has 0 fully saturated rings. The Bertz CT molecular complexity index is 1540. The topological polar surface area (TPSA) is 81.7 Å². The summed E-state index contributed by atoms with van der Waals surface area (Å²) in [5, 5.41) is 22.8. The molecule has 180 valence electrons. The van der Waals surface area contributed by atoms with E-state index in [2.05, 4.69) is 30.1 Å². The average molecular weight is 489 g/mol. The first kappa shape index (κ1) is 23.4. The first-order valence-corrected chi connectivity index (χ1v) is 12.8. The van der Waals surface area contributed by atoms with Gasteiger partial charge in [-0.2, -0.15) is 0 Å². The van der Waals surface area contributed by atoms with Crippen molar-refractivity contribution >= 4 is 39.2 Å². The molecular weight excluding hydrogens is 460 g/mol. The van der Waals surface area contributed by atoms with E-state index >= 15 is 0 Å². The largest absolute Gasteiger partial charge is 0.491 e. The minimum Gasteiger partial charge on any atom is -0.491 e. The number of hydrogen-bond acceptors (Lipinski definition) is 6. The molecule has 0 radical (unpaired) electrons. The van der Waals surface area contributed by atoms with Gasteiger partial charge in [0.1, 0.15) is 12.4 Å². The number of hydrogen-bond donors (Lipinski definition) is 1. The Balaban J connectivity index is 1.34. The lowest BCUT2D eigenvalue weighted by atomic mass is 10.1. The summed E-state index contributed by atoms with van der Waals surface area (Å²) in [5.41, 5.74) is 0.712. The zero-order valence-electron chi connectivity index (χ0n) is 19.8. The van der Waals surface area contributed by atoms with E-state index in [9.17, 15) is 9.90 Å². The molecule has 0 saturated heterocycles. The molecule has 1 unspecified atom stereocenters. The summed E-state index contributed by atoms with van der Waals surface area (Å²) in [4.78, 5) is 13.2. The number of aliphatic hydroxyl groups is 1. The van der Waals surface area contributed by atoms with Crippen LogP contribution in [-0.2, 0) is 6.54 Å². The van der Waals surface area contributed by atoms with E-state index in [1.165, 1.54) is 11.8 Å². The molecule has 0 spiro atoms. The Hall–Kier alpha value is -3.36. The first-order chi connectivity index (χ1) is 17.0. The first-order valence-electron chi connectivity index (χ1n) is 11.8. The van der Waals surface area contributed by atoms with E-state index in [0.29, 0.717) is 34.5 Å². The van der Waals surface area contributed by atoms with Gasteiger partial charge >= 0.3 is 0 Å². The highest BCUT2D eigenvalue weighted by Gasteiger charge is 2.18. The smallest absolute Gasteiger partial charge is 0.262 e. The van der Waals surface area contributed by atoms with Gasteiger partial charge in [0.25, 0.3) is 5.56 Å². The number of nitrogens with zero attached hydrogens (tertiary/aromatic N) is 4. The highest BCUT2D eigenvalue weighted by atomic mass is 32.2. The van der Waals surface area contributed by atoms with E-state index in [1.54, 1.807) is 4.57 Å². The number of ether oxygens (including phenoxy) is 1. The number of rotatable bonds is 9. The van der Waals surface area contributed by atoms with Crippen molar-refractivity contribution in [2.24, 2.45) is 5.92 Å². The summed E-state index contributed by atoms with van der Waals surface area (Å²) in [6.45, 7) is 5.02. The molecule has 3 aromatic carbocycles. The molecule has 0 aliphatic rings. The number of aromatic nitrogens is 4. The molecular formula is C27H28N4O3S. The van der Waals surface area contributed by atoms with Crippen molar-refractivity contribution in [3.05, 3.63) is 77.1 Å². The number of aryl methyl sites for hydroxylation is 1. The predicted molar refractivity (Wildman–Crippen MR) is 140 cm³/mol. The van der Waals surface area contributed by atoms with Crippen LogP contribution in [0.2, 0.25) is 0 Å². The molecule has 8 heteroatoms. The maximum absolute atomic E-state index is 13.2. The van der Waals surface area contributed by atoms with Crippen LogP contribution < -0.4 is 10.3 Å². The van der Waals surface area contributed by atoms with Crippen molar-refractivity contribution in [1.82, 2.24) is 19.2 Å². The van der Waals surface area contributed by atoms with Crippen molar-refractivity contribution in [3.8, 4) is 5.75 Å². The lowest BCUT2D eigenvalue weighted by Crippen LogP contribution is -2.24. The molecule has 0 bridgehead atoms. The van der Waals surface area contributed by atoms with Crippen molar-refractivity contribution in [2.45, 2.75) is 38.1 Å². The number of fused-ring (bicyclic) bond motifs is 4. The van der Waals surface area contributed by atoms with Gasteiger partial charge in [0.2, 0.25) is 5.78 Å². The summed E-state index contributed by atoms with van der Waals surface area (Å²) in [6, 6.07) is 21.5. The van der Waals surface area contributed by atoms with Crippen LogP contribution in [-0.4, -0.2) is 42.7 Å². The van der Waals surface area contributed by atoms with Gasteiger partial charge in [-0.15, -0.1) is 10.2 Å². The highest BCUT2D eigenvalue weighted by molar-refractivity contribution is 7.99. The SMILES string of the molecule is CC(C)CCn1c(=O)c2ccccc2n2c(SCC(O)COc3ccc4ccccc4c3)nnc12. The number of aliphatic hydroxyl groups excluding tert-OH is 1. The zero-order chi connectivity index (χ0) is 24.4. The highest BCUT2D eigenvalue weighted by Crippen LogP contribution is 2.24. The van der Waals surface area contributed by atoms with Crippen molar-refractivity contribution in [1.29, 1.82) is 0 Å². The Labute approximate surface area is 207 Å². The molecule has 5 aromatic rings. The lowest BCUT2D eigenvalue weighted by molar-refractivity contribution is 0.126. The van der Waals surface area contributed by atoms with Crippen molar-refractivity contribution in [3.63, 3.8) is 0 Å². The van der Waals surface area contributed by atoms with Crippen LogP contribution in [0.1, 0.15) is 20.3 Å². The van der Waals surface area contributed by atoms with Crippen molar-refractivity contribution in [2.75, 3.05) is 12.4 Å². The molecule has 0 aliphatic carbocycles. The standard InChI is InChI=1S/C27H28N4O3S/c1-18(2)13-14-30-25(33)23-9-5-6-10-24(23)31-26(30)28-29-27(31)35-17-21(32)16-34-22-12-11-19-7-3-4-8-20(19)15-22/h3-12,15,18,21,32H,13-14,16-17H2,1-2H3. The second-order valence-corrected chi connectivity index (χ2v) is 10.0. The average Bonchev–Trinajstić information content (AvgIpc) is 3.30. The van der Waals surface area contributed by atoms with Crippen LogP contribution in [0.4, 0.5) is 0 Å². The predicted octanol–water partition coefficient (Wildman–Crippen LogP) is 4.78. The molecule has 0 aliphatic heterocycles. The minimum absolute atomic E-state index is 0.0541. The van der Waals surface area contributed by atoms with Crippen LogP contribution in [0.3, 0.4) is 0 Å². The zero-order valence-corrected chi connectivity index (χ0v) is 20.6. The third kappa shape index (κ3) is 4.90. The summed E-state index contributed by atoms with van der Waals surface area (Å²) >= 11 is 1.40. The fourth-order valence-corrected chi connectivity index (χ4v) is 4.93. The summed E-state index contributed by atoms with van der Waals surface area (Å²) in [7, 11) is 0. The second-order valence-electron chi connectivity index (χ2n) is 9.06. The quantitative estimate of drug-likeness (QED) is 0.301. The van der Waals surface area contributed by atoms with Crippen LogP contribution in [0.25, 0.3) is 27.5 Å². The fraction of sp³-hybridized carbons (Fsp3) is 0.296. The van der Waals surface area contributed by atoms with E-state index in [4.69, 9.17) is 4.74 Å². The third-order valence-corrected chi connectivity index (χ3v) is 7.05. The van der Waals surface area contributed by atoms with E-state index in [1.807, 2.05) is 65.1 Å². The van der Waals surface area contributed by atoms with Gasteiger partial charge in [-0.05, 0) is 47.4 Å². The molecule has 1 N–H and O–H groups in total. The Morgan fingerprint density at radius 1 is 1.00 bits per heavy atom. The minimum atomic E-state index is -0.697. The van der Waals surface area contributed by atoms with Gasteiger partial charge in [0.05, 0.1) is 17.0 Å². The van der Waals surface area contributed by atoms with Gasteiger partial charge in [-0.25, -0.2) is 0 Å². The molecule has 2 aromatic heterocycles. The van der Waals surface area contributed by atoms with Crippen molar-refractivity contribution < 1.29 is 9.84 Å². The van der Waals surface area contributed by atoms with E-state index in [0.717, 1.165) is 28.5 Å². The molecule has 2 heterocycles. The monoisotopic (exact) mass is 488 g/mol. The summed E-state index contributed by atoms with van der Waals surface area (Å²) < 4.78 is 9.46. The van der Waals surface area contributed by atoms with Gasteiger partial charge in [0.15, 0.2) is 5.16 Å². The Morgan fingerprint density at radius 2 is 1.77 bits per heavy atom. The van der Waals surface area contributed by atoms with Gasteiger partial charge < -0.3 is 9.84 Å². The Kier molecular flexibility index (Phi) is 6.74. The summed E-state index contributed by atoms with van der Waals surface area (Å²) in [6.07, 6.45) is 0.172. The van der Waals surface area contributed by atoms with Crippen LogP contribution in [0.15, 0.2) is 76.7 Å². The third-order valence-electron chi connectivity index (χ3n) is 5.98. The number of thioether (sulfide) groups is 1. The number of para-hydroxylation sites is 1. The number of benzene rings is 3. The molecule has 5 rings (SSSR count). The van der Waals surface area contributed by atoms with Crippen LogP contribution in [0.5, 0.6) is 5.75 Å². The fourth-order valence-electron chi connectivity index (χ4n) is 4.08. The maximum atomic E-state index is 13.2. The molecule has 0 saturated carbocycles. The van der Waals surface area contributed by atoms with E-state index < -0.39 is 6.10 Å². The van der Waals surface area contributed by atoms with Gasteiger partial charge in [-0.1, -0.05) is 68.1 Å². The van der Waals surface area contributed by atoms with Gasteiger partial charge in [0, 0.05) is 12.3 Å². The normalized spacial score (nSPS) is 12.7. The van der Waals surface area contributed by atoms with Crippen LogP contribution in [0, 0.1) is 5.92 Å². The molecule has 35 heavy (non-hydrogen) atoms. The molecule has 7 nitrogen and oxygen atoms in total. The molecule has 1 atom stereocenters. The second kappa shape index (κ2) is 10.1. The van der Waals surface area contributed by atoms with Crippen LogP contribution >= 0.6 is 11.8 Å². The molecule has 0 amide bonds.